The van der Waals surface area contributed by atoms with Crippen molar-refractivity contribution in [3.05, 3.63) is 104 Å². The third-order valence-corrected chi connectivity index (χ3v) is 7.17. The zero-order valence-electron chi connectivity index (χ0n) is 19.0. The van der Waals surface area contributed by atoms with Crippen LogP contribution in [0, 0.1) is 0 Å². The number of hydrogen-bond acceptors (Lipinski definition) is 5. The van der Waals surface area contributed by atoms with Gasteiger partial charge in [0.05, 0.1) is 6.21 Å². The molecule has 0 radical (unpaired) electrons. The van der Waals surface area contributed by atoms with Gasteiger partial charge in [0, 0.05) is 37.8 Å². The van der Waals surface area contributed by atoms with Gasteiger partial charge in [-0.15, -0.1) is 10.2 Å². The molecular formula is C26H23BrCl2N4OS. The summed E-state index contributed by atoms with van der Waals surface area (Å²) in [5.74, 6) is 2.30. The van der Waals surface area contributed by atoms with Crippen molar-refractivity contribution in [3.8, 4) is 5.75 Å². The van der Waals surface area contributed by atoms with Crippen LogP contribution in [-0.2, 0) is 18.8 Å². The fraction of sp³-hybridized carbons (Fsp3) is 0.192. The molecule has 4 rings (SSSR count). The number of aromatic nitrogens is 3. The van der Waals surface area contributed by atoms with Crippen LogP contribution in [0.15, 0.2) is 81.5 Å². The van der Waals surface area contributed by atoms with Gasteiger partial charge in [-0.1, -0.05) is 88.1 Å². The van der Waals surface area contributed by atoms with Gasteiger partial charge in [0.15, 0.2) is 5.82 Å². The number of para-hydroxylation sites is 1. The average molecular weight is 590 g/mol. The van der Waals surface area contributed by atoms with Gasteiger partial charge >= 0.3 is 0 Å². The average Bonchev–Trinajstić information content (AvgIpc) is 3.24. The minimum Gasteiger partial charge on any atom is -0.488 e. The van der Waals surface area contributed by atoms with Gasteiger partial charge in [0.25, 0.3) is 0 Å². The van der Waals surface area contributed by atoms with Crippen LogP contribution < -0.4 is 4.74 Å². The third kappa shape index (κ3) is 7.10. The Labute approximate surface area is 227 Å². The number of hydrogen-bond donors (Lipinski definition) is 0. The van der Waals surface area contributed by atoms with Gasteiger partial charge in [-0.2, -0.15) is 9.78 Å². The minimum absolute atomic E-state index is 0.322. The maximum absolute atomic E-state index is 6.30. The SMILES string of the molecule is CCCc1nnc(SCc2ccc(Br)cc2)n1/N=C/c1ccccc1OCc1ccc(Cl)cc1Cl. The van der Waals surface area contributed by atoms with E-state index in [1.54, 1.807) is 30.1 Å². The Kier molecular flexibility index (Phi) is 9.26. The van der Waals surface area contributed by atoms with Gasteiger partial charge in [-0.05, 0) is 48.4 Å². The lowest BCUT2D eigenvalue weighted by atomic mass is 10.2. The molecule has 180 valence electrons. The molecule has 35 heavy (non-hydrogen) atoms. The molecule has 0 aliphatic rings. The number of benzene rings is 3. The lowest BCUT2D eigenvalue weighted by Gasteiger charge is -2.10. The van der Waals surface area contributed by atoms with Gasteiger partial charge in [-0.25, -0.2) is 0 Å². The molecule has 0 unspecified atom stereocenters. The summed E-state index contributed by atoms with van der Waals surface area (Å²) < 4.78 is 8.95. The first-order valence-corrected chi connectivity index (χ1v) is 13.6. The van der Waals surface area contributed by atoms with Crippen molar-refractivity contribution in [1.82, 2.24) is 14.9 Å². The fourth-order valence-electron chi connectivity index (χ4n) is 3.24. The van der Waals surface area contributed by atoms with E-state index in [1.807, 2.05) is 47.1 Å². The number of aryl methyl sites for hydroxylation is 1. The molecule has 0 aliphatic carbocycles. The molecule has 9 heteroatoms. The van der Waals surface area contributed by atoms with E-state index in [2.05, 4.69) is 45.2 Å². The Morgan fingerprint density at radius 2 is 1.86 bits per heavy atom. The van der Waals surface area contributed by atoms with Gasteiger partial charge < -0.3 is 4.74 Å². The number of ether oxygens (including phenoxy) is 1. The molecule has 1 heterocycles. The first-order valence-electron chi connectivity index (χ1n) is 11.0. The highest BCUT2D eigenvalue weighted by atomic mass is 79.9. The van der Waals surface area contributed by atoms with Crippen LogP contribution in [0.1, 0.15) is 35.9 Å². The molecule has 4 aromatic rings. The number of halogens is 3. The lowest BCUT2D eigenvalue weighted by Crippen LogP contribution is -2.02. The highest BCUT2D eigenvalue weighted by Gasteiger charge is 2.12. The van der Waals surface area contributed by atoms with E-state index in [-0.39, 0.29) is 0 Å². The molecule has 1 aromatic heterocycles. The molecular weight excluding hydrogens is 567 g/mol. The largest absolute Gasteiger partial charge is 0.488 e. The Morgan fingerprint density at radius 1 is 1.06 bits per heavy atom. The van der Waals surface area contributed by atoms with E-state index in [1.165, 1.54) is 5.56 Å². The molecule has 5 nitrogen and oxygen atoms in total. The van der Waals surface area contributed by atoms with Crippen molar-refractivity contribution in [2.24, 2.45) is 5.10 Å². The Hall–Kier alpha value is -2.32. The smallest absolute Gasteiger partial charge is 0.212 e. The van der Waals surface area contributed by atoms with Crippen LogP contribution in [0.25, 0.3) is 0 Å². The molecule has 0 bridgehead atoms. The summed E-state index contributed by atoms with van der Waals surface area (Å²) in [6.45, 7) is 2.44. The fourth-order valence-corrected chi connectivity index (χ4v) is 4.83. The normalized spacial score (nSPS) is 11.3. The maximum atomic E-state index is 6.30. The van der Waals surface area contributed by atoms with Crippen LogP contribution in [0.4, 0.5) is 0 Å². The van der Waals surface area contributed by atoms with Crippen LogP contribution in [0.5, 0.6) is 5.75 Å². The molecule has 0 aliphatic heterocycles. The Morgan fingerprint density at radius 3 is 2.63 bits per heavy atom. The van der Waals surface area contributed by atoms with E-state index < -0.39 is 0 Å². The van der Waals surface area contributed by atoms with Crippen LogP contribution in [0.3, 0.4) is 0 Å². The number of rotatable bonds is 10. The van der Waals surface area contributed by atoms with Crippen molar-refractivity contribution < 1.29 is 4.74 Å². The number of thioether (sulfide) groups is 1. The molecule has 0 N–H and O–H groups in total. The zero-order valence-corrected chi connectivity index (χ0v) is 22.9. The van der Waals surface area contributed by atoms with E-state index >= 15 is 0 Å². The van der Waals surface area contributed by atoms with E-state index in [0.717, 1.165) is 45.2 Å². The van der Waals surface area contributed by atoms with Crippen molar-refractivity contribution in [1.29, 1.82) is 0 Å². The quantitative estimate of drug-likeness (QED) is 0.139. The summed E-state index contributed by atoms with van der Waals surface area (Å²) in [5.41, 5.74) is 2.91. The van der Waals surface area contributed by atoms with Crippen LogP contribution >= 0.6 is 50.9 Å². The van der Waals surface area contributed by atoms with Crippen molar-refractivity contribution >= 4 is 57.1 Å². The molecule has 0 amide bonds. The summed E-state index contributed by atoms with van der Waals surface area (Å²) in [6.07, 6.45) is 3.52. The standard InChI is InChI=1S/C26H23BrCl2N4OS/c1-2-5-25-31-32-26(35-17-18-8-11-21(27)12-9-18)33(25)30-15-19-6-3-4-7-24(19)34-16-20-10-13-22(28)14-23(20)29/h3-4,6-15H,2,5,16-17H2,1H3/b30-15+. The maximum Gasteiger partial charge on any atom is 0.212 e. The highest BCUT2D eigenvalue weighted by molar-refractivity contribution is 9.10. The minimum atomic E-state index is 0.322. The summed E-state index contributed by atoms with van der Waals surface area (Å²) in [6, 6.07) is 21.4. The highest BCUT2D eigenvalue weighted by Crippen LogP contribution is 2.26. The van der Waals surface area contributed by atoms with Gasteiger partial charge in [0.1, 0.15) is 12.4 Å². The molecule has 0 spiro atoms. The molecule has 0 saturated carbocycles. The predicted octanol–water partition coefficient (Wildman–Crippen LogP) is 8.05. The summed E-state index contributed by atoms with van der Waals surface area (Å²) in [4.78, 5) is 0. The van der Waals surface area contributed by atoms with Crippen LogP contribution in [-0.4, -0.2) is 21.1 Å². The van der Waals surface area contributed by atoms with Crippen molar-refractivity contribution in [2.45, 2.75) is 37.3 Å². The molecule has 0 saturated heterocycles. The van der Waals surface area contributed by atoms with Crippen molar-refractivity contribution in [2.75, 3.05) is 0 Å². The molecule has 3 aromatic carbocycles. The van der Waals surface area contributed by atoms with E-state index in [4.69, 9.17) is 33.0 Å². The topological polar surface area (TPSA) is 52.3 Å². The second-order valence-corrected chi connectivity index (χ2v) is 10.4. The monoisotopic (exact) mass is 588 g/mol. The first kappa shape index (κ1) is 25.8. The van der Waals surface area contributed by atoms with Crippen molar-refractivity contribution in [3.63, 3.8) is 0 Å². The van der Waals surface area contributed by atoms with E-state index in [0.29, 0.717) is 22.4 Å². The second-order valence-electron chi connectivity index (χ2n) is 7.68. The zero-order chi connectivity index (χ0) is 24.6. The van der Waals surface area contributed by atoms with Gasteiger partial charge in [-0.3, -0.25) is 0 Å². The summed E-state index contributed by atoms with van der Waals surface area (Å²) in [5, 5.41) is 15.4. The molecule has 0 atom stereocenters. The predicted molar refractivity (Wildman–Crippen MR) is 148 cm³/mol. The molecule has 0 fully saturated rings. The van der Waals surface area contributed by atoms with Crippen LogP contribution in [0.2, 0.25) is 10.0 Å². The van der Waals surface area contributed by atoms with Gasteiger partial charge in [0.2, 0.25) is 5.16 Å². The lowest BCUT2D eigenvalue weighted by molar-refractivity contribution is 0.306. The number of nitrogens with zero attached hydrogens (tertiary/aromatic N) is 4. The van der Waals surface area contributed by atoms with E-state index in [9.17, 15) is 0 Å². The first-order chi connectivity index (χ1) is 17.0. The third-order valence-electron chi connectivity index (χ3n) is 5.06. The Bertz CT molecular complexity index is 1310. The summed E-state index contributed by atoms with van der Waals surface area (Å²) in [7, 11) is 0. The summed E-state index contributed by atoms with van der Waals surface area (Å²) >= 11 is 17.4. The Balaban J connectivity index is 1.52. The second kappa shape index (κ2) is 12.6.